The third kappa shape index (κ3) is 4.78. The van der Waals surface area contributed by atoms with Crippen molar-refractivity contribution in [1.82, 2.24) is 10.2 Å². The van der Waals surface area contributed by atoms with Crippen molar-refractivity contribution in [3.05, 3.63) is 0 Å². The summed E-state index contributed by atoms with van der Waals surface area (Å²) in [7, 11) is 1.56. The van der Waals surface area contributed by atoms with E-state index < -0.39 is 0 Å². The predicted molar refractivity (Wildman–Crippen MR) is 59.2 cm³/mol. The van der Waals surface area contributed by atoms with Gasteiger partial charge in [-0.1, -0.05) is 13.8 Å². The first-order valence-corrected chi connectivity index (χ1v) is 5.26. The van der Waals surface area contributed by atoms with Crippen molar-refractivity contribution in [1.29, 1.82) is 0 Å². The number of carbonyl (C=O) groups is 2. The van der Waals surface area contributed by atoms with Crippen molar-refractivity contribution >= 4 is 11.8 Å². The Bertz CT molecular complexity index is 219. The van der Waals surface area contributed by atoms with Gasteiger partial charge in [0.15, 0.2) is 0 Å². The predicted octanol–water partition coefficient (Wildman–Crippen LogP) is -0.434. The number of nitrogens with zero attached hydrogens (tertiary/aromatic N) is 1. The van der Waals surface area contributed by atoms with Crippen molar-refractivity contribution < 1.29 is 9.59 Å². The topological polar surface area (TPSA) is 75.4 Å². The van der Waals surface area contributed by atoms with E-state index in [2.05, 4.69) is 5.32 Å². The Hall–Kier alpha value is -1.10. The molecule has 0 aromatic carbocycles. The van der Waals surface area contributed by atoms with Gasteiger partial charge in [-0.15, -0.1) is 0 Å². The Kier molecular flexibility index (Phi) is 6.70. The lowest BCUT2D eigenvalue weighted by Crippen LogP contribution is -2.43. The van der Waals surface area contributed by atoms with Crippen molar-refractivity contribution in [2.24, 2.45) is 11.7 Å². The molecule has 0 aromatic rings. The molecule has 5 heteroatoms. The van der Waals surface area contributed by atoms with Gasteiger partial charge in [0, 0.05) is 26.1 Å². The number of nitrogens with one attached hydrogen (secondary N) is 1. The third-order valence-corrected chi connectivity index (χ3v) is 2.19. The van der Waals surface area contributed by atoms with Crippen LogP contribution in [0.5, 0.6) is 0 Å². The minimum atomic E-state index is -0.221. The number of rotatable bonds is 6. The average molecular weight is 215 g/mol. The normalized spacial score (nSPS) is 12.0. The van der Waals surface area contributed by atoms with Gasteiger partial charge in [-0.3, -0.25) is 9.59 Å². The van der Waals surface area contributed by atoms with Crippen LogP contribution in [0.2, 0.25) is 0 Å². The third-order valence-electron chi connectivity index (χ3n) is 2.19. The highest BCUT2D eigenvalue weighted by Crippen LogP contribution is 2.01. The molecule has 3 N–H and O–H groups in total. The molecule has 5 nitrogen and oxygen atoms in total. The second kappa shape index (κ2) is 7.23. The fourth-order valence-corrected chi connectivity index (χ4v) is 1.20. The highest BCUT2D eigenvalue weighted by molar-refractivity contribution is 5.85. The molecule has 0 spiro atoms. The molecule has 0 saturated heterocycles. The molecule has 2 amide bonds. The fraction of sp³-hybridized carbons (Fsp3) is 0.800. The number of nitrogens with two attached hydrogens (primary N) is 1. The standard InChI is InChI=1S/C10H21N3O2/c1-4-5-13(7-9(14)12-3)10(15)8(2)6-11/h8H,4-7,11H2,1-3H3,(H,12,14). The minimum absolute atomic E-state index is 0.0528. The molecule has 0 radical (unpaired) electrons. The summed E-state index contributed by atoms with van der Waals surface area (Å²) < 4.78 is 0. The van der Waals surface area contributed by atoms with Crippen LogP contribution in [0.25, 0.3) is 0 Å². The molecule has 0 saturated carbocycles. The average Bonchev–Trinajstić information content (AvgIpc) is 2.26. The van der Waals surface area contributed by atoms with E-state index in [-0.39, 0.29) is 24.3 Å². The molecule has 1 unspecified atom stereocenters. The Morgan fingerprint density at radius 1 is 1.47 bits per heavy atom. The largest absolute Gasteiger partial charge is 0.358 e. The summed E-state index contributed by atoms with van der Waals surface area (Å²) in [5, 5.41) is 2.50. The Morgan fingerprint density at radius 2 is 2.07 bits per heavy atom. The molecule has 0 heterocycles. The van der Waals surface area contributed by atoms with Crippen LogP contribution in [0.4, 0.5) is 0 Å². The molecule has 1 atom stereocenters. The molecule has 0 aromatic heterocycles. The van der Waals surface area contributed by atoms with Crippen LogP contribution in [0.1, 0.15) is 20.3 Å². The molecule has 0 aliphatic heterocycles. The zero-order chi connectivity index (χ0) is 11.8. The fourth-order valence-electron chi connectivity index (χ4n) is 1.20. The van der Waals surface area contributed by atoms with Crippen molar-refractivity contribution in [2.45, 2.75) is 20.3 Å². The van der Waals surface area contributed by atoms with E-state index in [9.17, 15) is 9.59 Å². The molecule has 88 valence electrons. The first-order chi connectivity index (χ1) is 7.06. The second-order valence-electron chi connectivity index (χ2n) is 3.57. The quantitative estimate of drug-likeness (QED) is 0.631. The maximum Gasteiger partial charge on any atom is 0.239 e. The van der Waals surface area contributed by atoms with Gasteiger partial charge >= 0.3 is 0 Å². The number of hydrogen-bond acceptors (Lipinski definition) is 3. The molecular formula is C10H21N3O2. The Labute approximate surface area is 91.0 Å². The lowest BCUT2D eigenvalue weighted by Gasteiger charge is -2.23. The summed E-state index contributed by atoms with van der Waals surface area (Å²) in [4.78, 5) is 24.5. The van der Waals surface area contributed by atoms with Gasteiger partial charge in [0.25, 0.3) is 0 Å². The van der Waals surface area contributed by atoms with Gasteiger partial charge in [0.2, 0.25) is 11.8 Å². The summed E-state index contributed by atoms with van der Waals surface area (Å²) in [6.07, 6.45) is 0.833. The van der Waals surface area contributed by atoms with Crippen molar-refractivity contribution in [2.75, 3.05) is 26.7 Å². The SMILES string of the molecule is CCCN(CC(=O)NC)C(=O)C(C)CN. The number of amides is 2. The van der Waals surface area contributed by atoms with Gasteiger partial charge in [-0.05, 0) is 6.42 Å². The zero-order valence-electron chi connectivity index (χ0n) is 9.75. The summed E-state index contributed by atoms with van der Waals surface area (Å²) in [6.45, 7) is 4.77. The van der Waals surface area contributed by atoms with E-state index >= 15 is 0 Å². The smallest absolute Gasteiger partial charge is 0.239 e. The van der Waals surface area contributed by atoms with Crippen molar-refractivity contribution in [3.63, 3.8) is 0 Å². The van der Waals surface area contributed by atoms with Crippen LogP contribution in [0, 0.1) is 5.92 Å². The van der Waals surface area contributed by atoms with Crippen molar-refractivity contribution in [3.8, 4) is 0 Å². The number of carbonyl (C=O) groups excluding carboxylic acids is 2. The highest BCUT2D eigenvalue weighted by atomic mass is 16.2. The summed E-state index contributed by atoms with van der Waals surface area (Å²) in [5.41, 5.74) is 5.42. The Morgan fingerprint density at radius 3 is 2.47 bits per heavy atom. The monoisotopic (exact) mass is 215 g/mol. The van der Waals surface area contributed by atoms with Crippen LogP contribution in [-0.4, -0.2) is 43.4 Å². The zero-order valence-corrected chi connectivity index (χ0v) is 9.75. The van der Waals surface area contributed by atoms with E-state index in [0.717, 1.165) is 6.42 Å². The maximum absolute atomic E-state index is 11.8. The first kappa shape index (κ1) is 13.9. The van der Waals surface area contributed by atoms with E-state index in [1.54, 1.807) is 18.9 Å². The molecule has 0 aliphatic carbocycles. The highest BCUT2D eigenvalue weighted by Gasteiger charge is 2.20. The molecule has 15 heavy (non-hydrogen) atoms. The maximum atomic E-state index is 11.8. The minimum Gasteiger partial charge on any atom is -0.358 e. The van der Waals surface area contributed by atoms with Crippen LogP contribution in [0.15, 0.2) is 0 Å². The van der Waals surface area contributed by atoms with Crippen LogP contribution < -0.4 is 11.1 Å². The van der Waals surface area contributed by atoms with Gasteiger partial charge in [-0.25, -0.2) is 0 Å². The van der Waals surface area contributed by atoms with Gasteiger partial charge in [-0.2, -0.15) is 0 Å². The van der Waals surface area contributed by atoms with E-state index in [1.165, 1.54) is 0 Å². The summed E-state index contributed by atoms with van der Waals surface area (Å²) >= 11 is 0. The Balaban J connectivity index is 4.37. The summed E-state index contributed by atoms with van der Waals surface area (Å²) in [6, 6.07) is 0. The lowest BCUT2D eigenvalue weighted by molar-refractivity contribution is -0.138. The molecule has 0 fully saturated rings. The summed E-state index contributed by atoms with van der Waals surface area (Å²) in [5.74, 6) is -0.426. The molecular weight excluding hydrogens is 194 g/mol. The lowest BCUT2D eigenvalue weighted by atomic mass is 10.1. The molecule has 0 bridgehead atoms. The van der Waals surface area contributed by atoms with Gasteiger partial charge in [0.1, 0.15) is 0 Å². The van der Waals surface area contributed by atoms with E-state index in [4.69, 9.17) is 5.73 Å². The number of likely N-dealkylation sites (N-methyl/N-ethyl adjacent to an activating group) is 1. The molecule has 0 rings (SSSR count). The second-order valence-corrected chi connectivity index (χ2v) is 3.57. The van der Waals surface area contributed by atoms with Gasteiger partial charge < -0.3 is 16.0 Å². The van der Waals surface area contributed by atoms with E-state index in [0.29, 0.717) is 13.1 Å². The van der Waals surface area contributed by atoms with Crippen LogP contribution in [0.3, 0.4) is 0 Å². The van der Waals surface area contributed by atoms with Crippen LogP contribution in [-0.2, 0) is 9.59 Å². The number of hydrogen-bond donors (Lipinski definition) is 2. The van der Waals surface area contributed by atoms with Crippen LogP contribution >= 0.6 is 0 Å². The first-order valence-electron chi connectivity index (χ1n) is 5.26. The van der Waals surface area contributed by atoms with Gasteiger partial charge in [0.05, 0.1) is 6.54 Å². The van der Waals surface area contributed by atoms with E-state index in [1.807, 2.05) is 6.92 Å². The molecule has 0 aliphatic rings.